The second-order valence-corrected chi connectivity index (χ2v) is 6.16. The Morgan fingerprint density at radius 2 is 2.10 bits per heavy atom. The molecule has 2 unspecified atom stereocenters. The number of rotatable bonds is 5. The lowest BCUT2D eigenvalue weighted by Gasteiger charge is -2.29. The van der Waals surface area contributed by atoms with Gasteiger partial charge in [0.2, 0.25) is 5.91 Å². The topological polar surface area (TPSA) is 55.1 Å². The van der Waals surface area contributed by atoms with Gasteiger partial charge in [-0.2, -0.15) is 0 Å². The van der Waals surface area contributed by atoms with E-state index in [0.717, 1.165) is 30.5 Å². The number of carbonyl (C=O) groups excluding carboxylic acids is 1. The third kappa shape index (κ3) is 3.83. The average molecular weight is 274 g/mol. The van der Waals surface area contributed by atoms with Gasteiger partial charge < -0.3 is 11.1 Å². The molecule has 0 aromatic heterocycles. The van der Waals surface area contributed by atoms with Crippen LogP contribution in [0.5, 0.6) is 0 Å². The summed E-state index contributed by atoms with van der Waals surface area (Å²) in [4.78, 5) is 11.1. The molecule has 20 heavy (non-hydrogen) atoms. The van der Waals surface area contributed by atoms with Crippen LogP contribution in [0, 0.1) is 18.8 Å². The Bertz CT molecular complexity index is 470. The maximum Gasteiger partial charge on any atom is 0.248 e. The van der Waals surface area contributed by atoms with Gasteiger partial charge in [0.05, 0.1) is 0 Å². The van der Waals surface area contributed by atoms with Crippen molar-refractivity contribution in [1.82, 2.24) is 5.32 Å². The fraction of sp³-hybridized carbons (Fsp3) is 0.588. The molecule has 1 aromatic rings. The van der Waals surface area contributed by atoms with Gasteiger partial charge in [-0.25, -0.2) is 0 Å². The van der Waals surface area contributed by atoms with E-state index in [-0.39, 0.29) is 5.91 Å². The zero-order valence-electron chi connectivity index (χ0n) is 12.6. The van der Waals surface area contributed by atoms with E-state index in [2.05, 4.69) is 12.2 Å². The van der Waals surface area contributed by atoms with Gasteiger partial charge in [-0.05, 0) is 55.0 Å². The number of nitrogens with two attached hydrogens (primary N) is 1. The normalized spacial score (nSPS) is 22.7. The number of primary amides is 1. The summed E-state index contributed by atoms with van der Waals surface area (Å²) in [5.74, 6) is 1.30. The molecule has 2 rings (SSSR count). The molecule has 0 heterocycles. The Morgan fingerprint density at radius 1 is 1.35 bits per heavy atom. The smallest absolute Gasteiger partial charge is 0.248 e. The summed E-state index contributed by atoms with van der Waals surface area (Å²) in [7, 11) is 0. The third-order valence-electron chi connectivity index (χ3n) is 4.64. The van der Waals surface area contributed by atoms with Crippen molar-refractivity contribution >= 4 is 5.91 Å². The first-order chi connectivity index (χ1) is 9.58. The third-order valence-corrected chi connectivity index (χ3v) is 4.64. The van der Waals surface area contributed by atoms with Crippen LogP contribution < -0.4 is 11.1 Å². The Labute approximate surface area is 121 Å². The predicted molar refractivity (Wildman–Crippen MR) is 82.5 cm³/mol. The Kier molecular flexibility index (Phi) is 5.18. The maximum absolute atomic E-state index is 11.1. The number of carbonyl (C=O) groups is 1. The number of hydrogen-bond donors (Lipinski definition) is 2. The molecule has 1 aliphatic rings. The summed E-state index contributed by atoms with van der Waals surface area (Å²) in [5, 5.41) is 3.58. The van der Waals surface area contributed by atoms with Gasteiger partial charge in [0.1, 0.15) is 0 Å². The number of aryl methyl sites for hydroxylation is 1. The van der Waals surface area contributed by atoms with Gasteiger partial charge >= 0.3 is 0 Å². The minimum absolute atomic E-state index is 0.358. The van der Waals surface area contributed by atoms with Crippen LogP contribution in [0.15, 0.2) is 18.2 Å². The van der Waals surface area contributed by atoms with E-state index in [4.69, 9.17) is 5.73 Å². The lowest BCUT2D eigenvalue weighted by molar-refractivity contribution is 0.1000. The van der Waals surface area contributed by atoms with E-state index in [1.54, 1.807) is 0 Å². The van der Waals surface area contributed by atoms with E-state index in [1.807, 2.05) is 25.1 Å². The van der Waals surface area contributed by atoms with Crippen LogP contribution in [-0.4, -0.2) is 12.5 Å². The van der Waals surface area contributed by atoms with Gasteiger partial charge in [0, 0.05) is 12.1 Å². The van der Waals surface area contributed by atoms with Crippen molar-refractivity contribution in [1.29, 1.82) is 0 Å². The zero-order chi connectivity index (χ0) is 14.5. The summed E-state index contributed by atoms with van der Waals surface area (Å²) >= 11 is 0. The van der Waals surface area contributed by atoms with Gasteiger partial charge in [-0.15, -0.1) is 0 Å². The Hall–Kier alpha value is -1.35. The number of amides is 1. The molecule has 0 saturated heterocycles. The fourth-order valence-electron chi connectivity index (χ4n) is 3.14. The van der Waals surface area contributed by atoms with Crippen LogP contribution in [0.3, 0.4) is 0 Å². The molecule has 0 spiro atoms. The molecule has 3 N–H and O–H groups in total. The molecule has 1 amide bonds. The van der Waals surface area contributed by atoms with Crippen molar-refractivity contribution in [3.63, 3.8) is 0 Å². The number of nitrogens with one attached hydrogen (secondary N) is 1. The highest BCUT2D eigenvalue weighted by Crippen LogP contribution is 2.28. The summed E-state index contributed by atoms with van der Waals surface area (Å²) in [6, 6.07) is 5.70. The van der Waals surface area contributed by atoms with Crippen LogP contribution >= 0.6 is 0 Å². The summed E-state index contributed by atoms with van der Waals surface area (Å²) in [6.07, 6.45) is 5.50. The molecule has 1 aromatic carbocycles. The van der Waals surface area contributed by atoms with E-state index in [0.29, 0.717) is 5.56 Å². The second-order valence-electron chi connectivity index (χ2n) is 6.16. The van der Waals surface area contributed by atoms with Crippen LogP contribution in [-0.2, 0) is 6.54 Å². The van der Waals surface area contributed by atoms with Crippen molar-refractivity contribution in [2.24, 2.45) is 17.6 Å². The van der Waals surface area contributed by atoms with Gasteiger partial charge in [0.25, 0.3) is 0 Å². The average Bonchev–Trinajstić information content (AvgIpc) is 2.42. The van der Waals surface area contributed by atoms with Gasteiger partial charge in [-0.3, -0.25) is 4.79 Å². The predicted octanol–water partition coefficient (Wildman–Crippen LogP) is 3.01. The molecule has 1 fully saturated rings. The van der Waals surface area contributed by atoms with Crippen molar-refractivity contribution in [3.8, 4) is 0 Å². The zero-order valence-corrected chi connectivity index (χ0v) is 12.6. The lowest BCUT2D eigenvalue weighted by Crippen LogP contribution is -2.29. The fourth-order valence-corrected chi connectivity index (χ4v) is 3.14. The Morgan fingerprint density at radius 3 is 2.75 bits per heavy atom. The van der Waals surface area contributed by atoms with E-state index in [1.165, 1.54) is 31.2 Å². The SMILES string of the molecule is Cc1cc(C(N)=O)ccc1CNCC1CCCCC1C. The quantitative estimate of drug-likeness (QED) is 0.867. The van der Waals surface area contributed by atoms with Crippen molar-refractivity contribution in [2.75, 3.05) is 6.54 Å². The summed E-state index contributed by atoms with van der Waals surface area (Å²) in [6.45, 7) is 6.37. The summed E-state index contributed by atoms with van der Waals surface area (Å²) < 4.78 is 0. The van der Waals surface area contributed by atoms with E-state index >= 15 is 0 Å². The first kappa shape index (κ1) is 15.0. The number of hydrogen-bond acceptors (Lipinski definition) is 2. The van der Waals surface area contributed by atoms with Crippen molar-refractivity contribution in [3.05, 3.63) is 34.9 Å². The molecule has 1 saturated carbocycles. The number of benzene rings is 1. The van der Waals surface area contributed by atoms with Crippen LogP contribution in [0.1, 0.15) is 54.1 Å². The van der Waals surface area contributed by atoms with Gasteiger partial charge in [0.15, 0.2) is 0 Å². The molecule has 0 radical (unpaired) electrons. The van der Waals surface area contributed by atoms with Crippen molar-refractivity contribution in [2.45, 2.75) is 46.1 Å². The molecule has 0 bridgehead atoms. The minimum Gasteiger partial charge on any atom is -0.366 e. The van der Waals surface area contributed by atoms with Crippen LogP contribution in [0.25, 0.3) is 0 Å². The highest BCUT2D eigenvalue weighted by Gasteiger charge is 2.20. The highest BCUT2D eigenvalue weighted by atomic mass is 16.1. The molecule has 110 valence electrons. The molecule has 3 nitrogen and oxygen atoms in total. The largest absolute Gasteiger partial charge is 0.366 e. The van der Waals surface area contributed by atoms with Gasteiger partial charge in [-0.1, -0.05) is 32.3 Å². The van der Waals surface area contributed by atoms with Crippen LogP contribution in [0.2, 0.25) is 0 Å². The highest BCUT2D eigenvalue weighted by molar-refractivity contribution is 5.93. The first-order valence-corrected chi connectivity index (χ1v) is 7.68. The standard InChI is InChI=1S/C17H26N2O/c1-12-5-3-4-6-15(12)10-19-11-16-8-7-14(17(18)20)9-13(16)2/h7-9,12,15,19H,3-6,10-11H2,1-2H3,(H2,18,20). The maximum atomic E-state index is 11.1. The molecule has 3 heteroatoms. The van der Waals surface area contributed by atoms with Crippen molar-refractivity contribution < 1.29 is 4.79 Å². The molecule has 0 aliphatic heterocycles. The Balaban J connectivity index is 1.86. The molecule has 1 aliphatic carbocycles. The second kappa shape index (κ2) is 6.89. The molecular formula is C17H26N2O. The minimum atomic E-state index is -0.358. The lowest BCUT2D eigenvalue weighted by atomic mass is 9.80. The van der Waals surface area contributed by atoms with E-state index < -0.39 is 0 Å². The van der Waals surface area contributed by atoms with E-state index in [9.17, 15) is 4.79 Å². The van der Waals surface area contributed by atoms with Crippen LogP contribution in [0.4, 0.5) is 0 Å². The molecular weight excluding hydrogens is 248 g/mol. The summed E-state index contributed by atoms with van der Waals surface area (Å²) in [5.41, 5.74) is 8.26. The molecule has 2 atom stereocenters. The first-order valence-electron chi connectivity index (χ1n) is 7.68. The monoisotopic (exact) mass is 274 g/mol.